The zero-order valence-electron chi connectivity index (χ0n) is 9.43. The lowest BCUT2D eigenvalue weighted by molar-refractivity contribution is -0.385. The molecule has 1 amide bonds. The molecule has 0 bridgehead atoms. The van der Waals surface area contributed by atoms with E-state index >= 15 is 0 Å². The number of nitro groups is 1. The molecule has 0 aliphatic heterocycles. The number of carbonyl (C=O) groups is 1. The van der Waals surface area contributed by atoms with Crippen LogP contribution in [0, 0.1) is 17.0 Å². The Morgan fingerprint density at radius 2 is 2.24 bits per heavy atom. The van der Waals surface area contributed by atoms with Crippen LogP contribution in [0.5, 0.6) is 0 Å². The van der Waals surface area contributed by atoms with E-state index in [1.54, 1.807) is 0 Å². The van der Waals surface area contributed by atoms with Crippen LogP contribution >= 0.6 is 0 Å². The van der Waals surface area contributed by atoms with Gasteiger partial charge in [0.15, 0.2) is 6.79 Å². The maximum absolute atomic E-state index is 11.6. The molecule has 0 aromatic heterocycles. The molecule has 0 spiro atoms. The van der Waals surface area contributed by atoms with Crippen molar-refractivity contribution in [1.82, 2.24) is 5.48 Å². The van der Waals surface area contributed by atoms with Gasteiger partial charge >= 0.3 is 0 Å². The van der Waals surface area contributed by atoms with E-state index in [0.29, 0.717) is 0 Å². The van der Waals surface area contributed by atoms with Crippen molar-refractivity contribution in [3.05, 3.63) is 39.4 Å². The van der Waals surface area contributed by atoms with Crippen molar-refractivity contribution in [1.29, 1.82) is 0 Å². The smallest absolute Gasteiger partial charge is 0.275 e. The van der Waals surface area contributed by atoms with Gasteiger partial charge in [-0.3, -0.25) is 14.9 Å². The van der Waals surface area contributed by atoms with Crippen LogP contribution in [0.3, 0.4) is 0 Å². The summed E-state index contributed by atoms with van der Waals surface area (Å²) in [5, 5.41) is 10.7. The highest BCUT2D eigenvalue weighted by molar-refractivity contribution is 5.95. The number of hydrogen-bond donors (Lipinski definition) is 1. The van der Waals surface area contributed by atoms with E-state index in [0.717, 1.165) is 0 Å². The number of hydrogen-bond acceptors (Lipinski definition) is 5. The van der Waals surface area contributed by atoms with Gasteiger partial charge in [0.05, 0.1) is 10.5 Å². The van der Waals surface area contributed by atoms with Crippen LogP contribution < -0.4 is 5.48 Å². The van der Waals surface area contributed by atoms with Gasteiger partial charge in [0.2, 0.25) is 0 Å². The van der Waals surface area contributed by atoms with Crippen LogP contribution in [0.4, 0.5) is 5.69 Å². The summed E-state index contributed by atoms with van der Waals surface area (Å²) in [5.41, 5.74) is 2.49. The molecular formula is C10H12N2O5. The maximum atomic E-state index is 11.6. The predicted molar refractivity (Wildman–Crippen MR) is 58.3 cm³/mol. The number of benzene rings is 1. The Bertz CT molecular complexity index is 433. The summed E-state index contributed by atoms with van der Waals surface area (Å²) >= 11 is 0. The van der Waals surface area contributed by atoms with Crippen molar-refractivity contribution in [3.8, 4) is 0 Å². The highest BCUT2D eigenvalue weighted by atomic mass is 16.8. The van der Waals surface area contributed by atoms with Crippen LogP contribution in [-0.2, 0) is 9.57 Å². The first-order chi connectivity index (χ1) is 8.07. The first-order valence-corrected chi connectivity index (χ1v) is 4.73. The molecule has 1 aromatic carbocycles. The fraction of sp³-hybridized carbons (Fsp3) is 0.300. The summed E-state index contributed by atoms with van der Waals surface area (Å²) in [5.74, 6) is -0.553. The van der Waals surface area contributed by atoms with Crippen LogP contribution in [0.25, 0.3) is 0 Å². The quantitative estimate of drug-likeness (QED) is 0.361. The van der Waals surface area contributed by atoms with Gasteiger partial charge in [-0.1, -0.05) is 6.07 Å². The van der Waals surface area contributed by atoms with E-state index in [9.17, 15) is 14.9 Å². The molecule has 0 heterocycles. The Labute approximate surface area is 97.4 Å². The Hall–Kier alpha value is -1.99. The van der Waals surface area contributed by atoms with Crippen molar-refractivity contribution in [2.24, 2.45) is 0 Å². The molecule has 0 saturated carbocycles. The summed E-state index contributed by atoms with van der Waals surface area (Å²) in [4.78, 5) is 26.4. The molecule has 0 unspecified atom stereocenters. The fourth-order valence-electron chi connectivity index (χ4n) is 1.28. The third-order valence-electron chi connectivity index (χ3n) is 2.09. The maximum Gasteiger partial charge on any atom is 0.275 e. The highest BCUT2D eigenvalue weighted by Crippen LogP contribution is 2.20. The Morgan fingerprint density at radius 3 is 2.82 bits per heavy atom. The van der Waals surface area contributed by atoms with Gasteiger partial charge in [0, 0.05) is 18.7 Å². The van der Waals surface area contributed by atoms with Crippen LogP contribution in [-0.4, -0.2) is 24.7 Å². The molecule has 1 aromatic rings. The fourth-order valence-corrected chi connectivity index (χ4v) is 1.28. The summed E-state index contributed by atoms with van der Waals surface area (Å²) in [6.45, 7) is 1.41. The molecule has 0 aliphatic rings. The van der Waals surface area contributed by atoms with Gasteiger partial charge in [-0.05, 0) is 13.0 Å². The minimum atomic E-state index is -0.553. The van der Waals surface area contributed by atoms with Crippen LogP contribution in [0.15, 0.2) is 18.2 Å². The van der Waals surface area contributed by atoms with Crippen molar-refractivity contribution in [3.63, 3.8) is 0 Å². The molecule has 7 heteroatoms. The molecule has 92 valence electrons. The second-order valence-corrected chi connectivity index (χ2v) is 3.19. The van der Waals surface area contributed by atoms with E-state index in [-0.39, 0.29) is 23.6 Å². The summed E-state index contributed by atoms with van der Waals surface area (Å²) in [6, 6.07) is 4.26. The number of methoxy groups -OCH3 is 1. The monoisotopic (exact) mass is 240 g/mol. The number of hydroxylamine groups is 1. The Kier molecular flexibility index (Phi) is 4.56. The molecule has 0 radical (unpaired) electrons. The molecule has 0 fully saturated rings. The minimum Gasteiger partial charge on any atom is -0.356 e. The van der Waals surface area contributed by atoms with E-state index in [1.807, 2.05) is 0 Å². The van der Waals surface area contributed by atoms with Gasteiger partial charge in [-0.2, -0.15) is 0 Å². The van der Waals surface area contributed by atoms with Crippen molar-refractivity contribution < 1.29 is 19.3 Å². The van der Waals surface area contributed by atoms with E-state index < -0.39 is 10.8 Å². The summed E-state index contributed by atoms with van der Waals surface area (Å²) in [7, 11) is 1.41. The second-order valence-electron chi connectivity index (χ2n) is 3.19. The predicted octanol–water partition coefficient (Wildman–Crippen LogP) is 1.17. The Balaban J connectivity index is 2.87. The largest absolute Gasteiger partial charge is 0.356 e. The number of nitrogens with zero attached hydrogens (tertiary/aromatic N) is 1. The van der Waals surface area contributed by atoms with Crippen LogP contribution in [0.1, 0.15) is 15.9 Å². The third-order valence-corrected chi connectivity index (χ3v) is 2.09. The van der Waals surface area contributed by atoms with Crippen molar-refractivity contribution >= 4 is 11.6 Å². The first kappa shape index (κ1) is 13.1. The number of carbonyl (C=O) groups excluding carboxylic acids is 1. The van der Waals surface area contributed by atoms with Gasteiger partial charge in [-0.15, -0.1) is 0 Å². The third kappa shape index (κ3) is 3.23. The number of rotatable bonds is 5. The lowest BCUT2D eigenvalue weighted by atomic mass is 10.1. The lowest BCUT2D eigenvalue weighted by Gasteiger charge is -2.07. The molecule has 1 rings (SSSR count). The first-order valence-electron chi connectivity index (χ1n) is 4.73. The number of nitrogens with one attached hydrogen (secondary N) is 1. The Morgan fingerprint density at radius 1 is 1.53 bits per heavy atom. The number of nitro benzene ring substituents is 1. The standard InChI is InChI=1S/C10H12N2O5/c1-7-8(10(13)11-17-6-16-2)4-3-5-9(7)12(14)15/h3-5H,6H2,1-2H3,(H,11,13). The molecular weight excluding hydrogens is 228 g/mol. The molecule has 7 nitrogen and oxygen atoms in total. The molecule has 1 N–H and O–H groups in total. The lowest BCUT2D eigenvalue weighted by Crippen LogP contribution is -2.25. The minimum absolute atomic E-state index is 0.0975. The normalized spacial score (nSPS) is 10.0. The van der Waals surface area contributed by atoms with Crippen molar-refractivity contribution in [2.75, 3.05) is 13.9 Å². The van der Waals surface area contributed by atoms with Gasteiger partial charge < -0.3 is 4.74 Å². The van der Waals surface area contributed by atoms with Crippen LogP contribution in [0.2, 0.25) is 0 Å². The van der Waals surface area contributed by atoms with E-state index in [1.165, 1.54) is 32.2 Å². The molecule has 17 heavy (non-hydrogen) atoms. The average molecular weight is 240 g/mol. The van der Waals surface area contributed by atoms with Gasteiger partial charge in [-0.25, -0.2) is 10.3 Å². The van der Waals surface area contributed by atoms with Gasteiger partial charge in [0.25, 0.3) is 11.6 Å². The SMILES string of the molecule is COCONC(=O)c1cccc([N+](=O)[O-])c1C. The number of ether oxygens (including phenoxy) is 1. The zero-order chi connectivity index (χ0) is 12.8. The molecule has 0 aliphatic carbocycles. The van der Waals surface area contributed by atoms with E-state index in [4.69, 9.17) is 0 Å². The summed E-state index contributed by atoms with van der Waals surface area (Å²) < 4.78 is 4.58. The summed E-state index contributed by atoms with van der Waals surface area (Å²) in [6.07, 6.45) is 0. The molecule has 0 saturated heterocycles. The van der Waals surface area contributed by atoms with Gasteiger partial charge in [0.1, 0.15) is 0 Å². The second kappa shape index (κ2) is 5.92. The number of amides is 1. The average Bonchev–Trinajstić information content (AvgIpc) is 2.29. The van der Waals surface area contributed by atoms with Crippen molar-refractivity contribution in [2.45, 2.75) is 6.92 Å². The topological polar surface area (TPSA) is 90.7 Å². The highest BCUT2D eigenvalue weighted by Gasteiger charge is 2.17. The molecule has 0 atom stereocenters. The zero-order valence-corrected chi connectivity index (χ0v) is 9.43. The van der Waals surface area contributed by atoms with E-state index in [2.05, 4.69) is 15.1 Å².